The molecule has 0 atom stereocenters. The summed E-state index contributed by atoms with van der Waals surface area (Å²) in [4.78, 5) is 15.3. The molecule has 0 aliphatic heterocycles. The smallest absolute Gasteiger partial charge is 0.194 e. The van der Waals surface area contributed by atoms with E-state index in [1.807, 2.05) is 42.5 Å². The molecule has 3 heteroatoms. The van der Waals surface area contributed by atoms with Gasteiger partial charge in [0.15, 0.2) is 5.78 Å². The van der Waals surface area contributed by atoms with Crippen molar-refractivity contribution in [3.63, 3.8) is 0 Å². The number of ketones is 1. The van der Waals surface area contributed by atoms with Crippen LogP contribution in [0.2, 0.25) is 0 Å². The normalized spacial score (nSPS) is 11.9. The van der Waals surface area contributed by atoms with Crippen molar-refractivity contribution < 1.29 is 4.79 Å². The van der Waals surface area contributed by atoms with Crippen molar-refractivity contribution in [3.8, 4) is 11.1 Å². The summed E-state index contributed by atoms with van der Waals surface area (Å²) in [6, 6.07) is 30.7. The summed E-state index contributed by atoms with van der Waals surface area (Å²) in [5, 5.41) is 0. The highest BCUT2D eigenvalue weighted by Gasteiger charge is 2.28. The molecule has 140 valence electrons. The number of benzene rings is 4. The van der Waals surface area contributed by atoms with Gasteiger partial charge in [0, 0.05) is 32.7 Å². The monoisotopic (exact) mass is 439 g/mol. The third-order valence-corrected chi connectivity index (χ3v) is 5.79. The summed E-state index contributed by atoms with van der Waals surface area (Å²) in [5.41, 5.74) is 7.81. The molecule has 0 saturated carbocycles. The van der Waals surface area contributed by atoms with E-state index in [1.165, 1.54) is 5.56 Å². The minimum Gasteiger partial charge on any atom is -0.310 e. The van der Waals surface area contributed by atoms with Gasteiger partial charge in [-0.2, -0.15) is 0 Å². The maximum Gasteiger partial charge on any atom is 0.194 e. The second kappa shape index (κ2) is 7.02. The molecule has 4 aromatic rings. The van der Waals surface area contributed by atoms with Crippen LogP contribution in [0.15, 0.2) is 95.5 Å². The predicted octanol–water partition coefficient (Wildman–Crippen LogP) is 7.44. The van der Waals surface area contributed by atoms with Gasteiger partial charge in [0.2, 0.25) is 0 Å². The Morgan fingerprint density at radius 3 is 2.03 bits per heavy atom. The molecule has 0 spiro atoms. The van der Waals surface area contributed by atoms with Crippen molar-refractivity contribution in [1.29, 1.82) is 0 Å². The van der Waals surface area contributed by atoms with Gasteiger partial charge in [0.1, 0.15) is 0 Å². The number of anilines is 3. The Hall–Kier alpha value is -3.17. The Morgan fingerprint density at radius 2 is 1.28 bits per heavy atom. The molecule has 1 aliphatic carbocycles. The van der Waals surface area contributed by atoms with Crippen LogP contribution in [-0.4, -0.2) is 5.78 Å². The maximum atomic E-state index is 13.1. The lowest BCUT2D eigenvalue weighted by Crippen LogP contribution is -2.10. The highest BCUT2D eigenvalue weighted by Crippen LogP contribution is 2.42. The SMILES string of the molecule is Cc1cccc(N(c2ccccc2)c2ccc3c(c2)C(=O)c2cc(Br)ccc2-3)c1. The topological polar surface area (TPSA) is 20.3 Å². The molecule has 0 fully saturated rings. The number of hydrogen-bond donors (Lipinski definition) is 0. The van der Waals surface area contributed by atoms with E-state index in [-0.39, 0.29) is 5.78 Å². The fourth-order valence-electron chi connectivity index (χ4n) is 3.97. The fraction of sp³-hybridized carbons (Fsp3) is 0.0385. The van der Waals surface area contributed by atoms with E-state index in [0.29, 0.717) is 0 Å². The van der Waals surface area contributed by atoms with Gasteiger partial charge >= 0.3 is 0 Å². The lowest BCUT2D eigenvalue weighted by Gasteiger charge is -2.26. The minimum absolute atomic E-state index is 0.0791. The van der Waals surface area contributed by atoms with Crippen LogP contribution in [0.25, 0.3) is 11.1 Å². The number of rotatable bonds is 3. The third-order valence-electron chi connectivity index (χ3n) is 5.30. The second-order valence-electron chi connectivity index (χ2n) is 7.26. The third kappa shape index (κ3) is 3.08. The highest BCUT2D eigenvalue weighted by molar-refractivity contribution is 9.10. The molecule has 0 bridgehead atoms. The van der Waals surface area contributed by atoms with Crippen LogP contribution in [0.5, 0.6) is 0 Å². The van der Waals surface area contributed by atoms with Crippen LogP contribution >= 0.6 is 15.9 Å². The lowest BCUT2D eigenvalue weighted by atomic mass is 10.0. The summed E-state index contributed by atoms with van der Waals surface area (Å²) >= 11 is 3.48. The molecule has 29 heavy (non-hydrogen) atoms. The number of nitrogens with zero attached hydrogens (tertiary/aromatic N) is 1. The van der Waals surface area contributed by atoms with E-state index in [1.54, 1.807) is 0 Å². The number of carbonyl (C=O) groups excluding carboxylic acids is 1. The van der Waals surface area contributed by atoms with Gasteiger partial charge in [-0.3, -0.25) is 4.79 Å². The molecule has 0 amide bonds. The molecular formula is C26H18BrNO. The first-order valence-corrected chi connectivity index (χ1v) is 10.3. The van der Waals surface area contributed by atoms with Gasteiger partial charge in [0.05, 0.1) is 0 Å². The summed E-state index contributed by atoms with van der Waals surface area (Å²) in [6.45, 7) is 2.09. The number of halogens is 1. The van der Waals surface area contributed by atoms with E-state index in [4.69, 9.17) is 0 Å². The van der Waals surface area contributed by atoms with Gasteiger partial charge in [-0.05, 0) is 72.1 Å². The lowest BCUT2D eigenvalue weighted by molar-refractivity contribution is 0.104. The number of carbonyl (C=O) groups is 1. The van der Waals surface area contributed by atoms with Gasteiger partial charge in [-0.1, -0.05) is 58.4 Å². The van der Waals surface area contributed by atoms with E-state index in [9.17, 15) is 4.79 Å². The average molecular weight is 440 g/mol. The molecule has 0 N–H and O–H groups in total. The molecule has 0 radical (unpaired) electrons. The molecule has 0 heterocycles. The van der Waals surface area contributed by atoms with Crippen molar-refractivity contribution in [1.82, 2.24) is 0 Å². The zero-order valence-corrected chi connectivity index (χ0v) is 17.5. The van der Waals surface area contributed by atoms with Crippen molar-refractivity contribution in [2.75, 3.05) is 4.90 Å². The Kier molecular flexibility index (Phi) is 4.33. The largest absolute Gasteiger partial charge is 0.310 e. The number of aryl methyl sites for hydroxylation is 1. The first kappa shape index (κ1) is 17.9. The van der Waals surface area contributed by atoms with E-state index in [0.717, 1.165) is 43.8 Å². The van der Waals surface area contributed by atoms with Crippen molar-refractivity contribution in [2.45, 2.75) is 6.92 Å². The Bertz CT molecular complexity index is 1250. The molecule has 0 unspecified atom stereocenters. The second-order valence-corrected chi connectivity index (χ2v) is 8.17. The van der Waals surface area contributed by atoms with Crippen LogP contribution in [-0.2, 0) is 0 Å². The zero-order valence-electron chi connectivity index (χ0n) is 15.9. The Morgan fingerprint density at radius 1 is 0.621 bits per heavy atom. The van der Waals surface area contributed by atoms with E-state index < -0.39 is 0 Å². The molecule has 0 aromatic heterocycles. The fourth-order valence-corrected chi connectivity index (χ4v) is 4.33. The summed E-state index contributed by atoms with van der Waals surface area (Å²) in [7, 11) is 0. The Labute approximate surface area is 178 Å². The van der Waals surface area contributed by atoms with E-state index in [2.05, 4.69) is 76.3 Å². The van der Waals surface area contributed by atoms with Crippen molar-refractivity contribution in [2.24, 2.45) is 0 Å². The molecule has 2 nitrogen and oxygen atoms in total. The number of para-hydroxylation sites is 1. The number of hydrogen-bond acceptors (Lipinski definition) is 2. The van der Waals surface area contributed by atoms with E-state index >= 15 is 0 Å². The number of fused-ring (bicyclic) bond motifs is 3. The van der Waals surface area contributed by atoms with Crippen LogP contribution < -0.4 is 4.90 Å². The quantitative estimate of drug-likeness (QED) is 0.291. The van der Waals surface area contributed by atoms with Crippen LogP contribution in [0.4, 0.5) is 17.1 Å². The Balaban J connectivity index is 1.68. The first-order chi connectivity index (χ1) is 14.1. The van der Waals surface area contributed by atoms with Crippen molar-refractivity contribution in [3.05, 3.63) is 112 Å². The predicted molar refractivity (Wildman–Crippen MR) is 122 cm³/mol. The molecule has 0 saturated heterocycles. The maximum absolute atomic E-state index is 13.1. The molecule has 4 aromatic carbocycles. The summed E-state index contributed by atoms with van der Waals surface area (Å²) in [5.74, 6) is 0.0791. The van der Waals surface area contributed by atoms with Crippen LogP contribution in [0, 0.1) is 6.92 Å². The molecule has 1 aliphatic rings. The van der Waals surface area contributed by atoms with Crippen LogP contribution in [0.3, 0.4) is 0 Å². The van der Waals surface area contributed by atoms with Crippen molar-refractivity contribution >= 4 is 38.8 Å². The van der Waals surface area contributed by atoms with Gasteiger partial charge in [-0.15, -0.1) is 0 Å². The standard InChI is InChI=1S/C26H18BrNO/c1-17-6-5-9-20(14-17)28(19-7-3-2-4-8-19)21-11-13-23-22-12-10-18(27)15-24(22)26(29)25(23)16-21/h2-16H,1H3. The highest BCUT2D eigenvalue weighted by atomic mass is 79.9. The average Bonchev–Trinajstić information content (AvgIpc) is 3.00. The zero-order chi connectivity index (χ0) is 20.0. The van der Waals surface area contributed by atoms with Gasteiger partial charge in [0.25, 0.3) is 0 Å². The molecule has 5 rings (SSSR count). The minimum atomic E-state index is 0.0791. The summed E-state index contributed by atoms with van der Waals surface area (Å²) < 4.78 is 0.920. The first-order valence-electron chi connectivity index (χ1n) is 9.52. The van der Waals surface area contributed by atoms with Gasteiger partial charge < -0.3 is 4.90 Å². The summed E-state index contributed by atoms with van der Waals surface area (Å²) in [6.07, 6.45) is 0. The van der Waals surface area contributed by atoms with Crippen LogP contribution in [0.1, 0.15) is 21.5 Å². The molecular weight excluding hydrogens is 422 g/mol. The van der Waals surface area contributed by atoms with Gasteiger partial charge in [-0.25, -0.2) is 0 Å².